The molecular formula is C28H25N3O6. The highest BCUT2D eigenvalue weighted by molar-refractivity contribution is 6.13. The molecule has 37 heavy (non-hydrogen) atoms. The first-order chi connectivity index (χ1) is 17.7. The number of ether oxygens (including phenoxy) is 2. The van der Waals surface area contributed by atoms with Gasteiger partial charge >= 0.3 is 6.03 Å². The van der Waals surface area contributed by atoms with Crippen LogP contribution in [-0.4, -0.2) is 41.9 Å². The summed E-state index contributed by atoms with van der Waals surface area (Å²) in [5.41, 5.74) is 2.13. The molecular weight excluding hydrogens is 474 g/mol. The van der Waals surface area contributed by atoms with Crippen LogP contribution in [-0.2, 0) is 15.1 Å². The average Bonchev–Trinajstić information content (AvgIpc) is 3.43. The molecule has 0 aliphatic carbocycles. The molecule has 2 N–H and O–H groups in total. The Morgan fingerprint density at radius 3 is 2.32 bits per heavy atom. The molecule has 0 radical (unpaired) electrons. The molecule has 4 amide bonds. The molecule has 1 unspecified atom stereocenters. The van der Waals surface area contributed by atoms with Crippen molar-refractivity contribution >= 4 is 29.3 Å². The molecule has 1 atom stereocenters. The van der Waals surface area contributed by atoms with Gasteiger partial charge in [0.2, 0.25) is 12.7 Å². The molecule has 1 saturated heterocycles. The van der Waals surface area contributed by atoms with E-state index in [-0.39, 0.29) is 23.8 Å². The lowest BCUT2D eigenvalue weighted by atomic mass is 9.81. The van der Waals surface area contributed by atoms with Gasteiger partial charge in [0, 0.05) is 11.6 Å². The Balaban J connectivity index is 1.46. The van der Waals surface area contributed by atoms with Crippen molar-refractivity contribution < 1.29 is 28.7 Å². The van der Waals surface area contributed by atoms with Gasteiger partial charge in [0.1, 0.15) is 6.54 Å². The SMILES string of the molecule is CC(=O)c1cc2c(cc1NC(=O)CN1C(=O)NC(c3ccccc3)(c3ccc(C)c(C)c3)C1=O)OCO2. The van der Waals surface area contributed by atoms with Crippen LogP contribution in [0.25, 0.3) is 0 Å². The second kappa shape index (κ2) is 9.09. The summed E-state index contributed by atoms with van der Waals surface area (Å²) in [7, 11) is 0. The molecule has 0 saturated carbocycles. The minimum Gasteiger partial charge on any atom is -0.454 e. The van der Waals surface area contributed by atoms with Crippen LogP contribution in [0, 0.1) is 13.8 Å². The van der Waals surface area contributed by atoms with Gasteiger partial charge in [-0.05, 0) is 49.1 Å². The van der Waals surface area contributed by atoms with E-state index in [2.05, 4.69) is 10.6 Å². The number of anilines is 1. The molecule has 9 nitrogen and oxygen atoms in total. The molecule has 5 rings (SSSR count). The van der Waals surface area contributed by atoms with Crippen LogP contribution in [0.4, 0.5) is 10.5 Å². The largest absolute Gasteiger partial charge is 0.454 e. The van der Waals surface area contributed by atoms with Gasteiger partial charge in [0.15, 0.2) is 22.8 Å². The quantitative estimate of drug-likeness (QED) is 0.395. The predicted octanol–water partition coefficient (Wildman–Crippen LogP) is 3.67. The molecule has 2 heterocycles. The van der Waals surface area contributed by atoms with E-state index in [1.807, 2.05) is 38.1 Å². The van der Waals surface area contributed by atoms with Crippen molar-refractivity contribution in [3.8, 4) is 11.5 Å². The maximum Gasteiger partial charge on any atom is 0.326 e. The van der Waals surface area contributed by atoms with E-state index in [4.69, 9.17) is 9.47 Å². The Labute approximate surface area is 213 Å². The van der Waals surface area contributed by atoms with E-state index in [1.165, 1.54) is 19.1 Å². The van der Waals surface area contributed by atoms with Gasteiger partial charge in [0.05, 0.1) is 5.69 Å². The molecule has 188 valence electrons. The van der Waals surface area contributed by atoms with Crippen LogP contribution < -0.4 is 20.1 Å². The van der Waals surface area contributed by atoms with Crippen molar-refractivity contribution in [2.75, 3.05) is 18.7 Å². The first-order valence-electron chi connectivity index (χ1n) is 11.7. The lowest BCUT2D eigenvalue weighted by Crippen LogP contribution is -2.45. The number of carbonyl (C=O) groups is 4. The lowest BCUT2D eigenvalue weighted by molar-refractivity contribution is -0.133. The number of fused-ring (bicyclic) bond motifs is 1. The average molecular weight is 500 g/mol. The Morgan fingerprint density at radius 1 is 0.946 bits per heavy atom. The van der Waals surface area contributed by atoms with Crippen LogP contribution in [0.5, 0.6) is 11.5 Å². The highest BCUT2D eigenvalue weighted by atomic mass is 16.7. The van der Waals surface area contributed by atoms with Gasteiger partial charge in [-0.15, -0.1) is 0 Å². The standard InChI is InChI=1S/C28H25N3O6/c1-16-9-10-20(11-17(16)2)28(19-7-5-4-6-8-19)26(34)31(27(35)30-28)14-25(33)29-22-13-24-23(36-15-37-24)12-21(22)18(3)32/h4-13H,14-15H2,1-3H3,(H,29,33)(H,30,35). The minimum absolute atomic E-state index is 0.00653. The van der Waals surface area contributed by atoms with Crippen molar-refractivity contribution in [3.05, 3.63) is 88.5 Å². The van der Waals surface area contributed by atoms with Gasteiger partial charge in [-0.2, -0.15) is 0 Å². The summed E-state index contributed by atoms with van der Waals surface area (Å²) >= 11 is 0. The molecule has 0 aromatic heterocycles. The third-order valence-electron chi connectivity index (χ3n) is 6.72. The number of ketones is 1. The number of aryl methyl sites for hydroxylation is 2. The van der Waals surface area contributed by atoms with E-state index < -0.39 is 29.9 Å². The van der Waals surface area contributed by atoms with Crippen molar-refractivity contribution in [3.63, 3.8) is 0 Å². The van der Waals surface area contributed by atoms with E-state index in [0.29, 0.717) is 22.6 Å². The van der Waals surface area contributed by atoms with E-state index in [1.54, 1.807) is 24.3 Å². The topological polar surface area (TPSA) is 114 Å². The Hall–Kier alpha value is -4.66. The number of urea groups is 1. The summed E-state index contributed by atoms with van der Waals surface area (Å²) < 4.78 is 10.7. The fourth-order valence-corrected chi connectivity index (χ4v) is 4.61. The van der Waals surface area contributed by atoms with Crippen LogP contribution in [0.3, 0.4) is 0 Å². The van der Waals surface area contributed by atoms with E-state index >= 15 is 0 Å². The molecule has 0 bridgehead atoms. The first kappa shape index (κ1) is 24.1. The number of carbonyl (C=O) groups excluding carboxylic acids is 4. The highest BCUT2D eigenvalue weighted by Crippen LogP contribution is 2.38. The summed E-state index contributed by atoms with van der Waals surface area (Å²) in [6, 6.07) is 16.8. The van der Waals surface area contributed by atoms with Crippen LogP contribution in [0.2, 0.25) is 0 Å². The number of hydrogen-bond acceptors (Lipinski definition) is 6. The first-order valence-corrected chi connectivity index (χ1v) is 11.7. The Kier molecular flexibility index (Phi) is 5.91. The molecule has 3 aromatic carbocycles. The fourth-order valence-electron chi connectivity index (χ4n) is 4.61. The number of nitrogens with one attached hydrogen (secondary N) is 2. The monoisotopic (exact) mass is 499 g/mol. The molecule has 0 spiro atoms. The van der Waals surface area contributed by atoms with Crippen LogP contribution in [0.15, 0.2) is 60.7 Å². The minimum atomic E-state index is -1.49. The number of rotatable bonds is 6. The van der Waals surface area contributed by atoms with Gasteiger partial charge in [-0.1, -0.05) is 48.5 Å². The van der Waals surface area contributed by atoms with Gasteiger partial charge in [0.25, 0.3) is 5.91 Å². The number of benzene rings is 3. The third-order valence-corrected chi connectivity index (χ3v) is 6.72. The van der Waals surface area contributed by atoms with Crippen molar-refractivity contribution in [1.82, 2.24) is 10.2 Å². The summed E-state index contributed by atoms with van der Waals surface area (Å²) in [6.45, 7) is 4.72. The van der Waals surface area contributed by atoms with Gasteiger partial charge in [-0.3, -0.25) is 19.3 Å². The fraction of sp³-hybridized carbons (Fsp3) is 0.214. The lowest BCUT2D eigenvalue weighted by Gasteiger charge is -2.28. The number of amides is 4. The van der Waals surface area contributed by atoms with Crippen LogP contribution >= 0.6 is 0 Å². The van der Waals surface area contributed by atoms with Gasteiger partial charge < -0.3 is 20.1 Å². The summed E-state index contributed by atoms with van der Waals surface area (Å²) in [5.74, 6) is -0.721. The second-order valence-electron chi connectivity index (χ2n) is 9.09. The summed E-state index contributed by atoms with van der Waals surface area (Å²) in [4.78, 5) is 53.2. The summed E-state index contributed by atoms with van der Waals surface area (Å²) in [6.07, 6.45) is 0. The van der Waals surface area contributed by atoms with Crippen molar-refractivity contribution in [2.45, 2.75) is 26.3 Å². The second-order valence-corrected chi connectivity index (χ2v) is 9.09. The third kappa shape index (κ3) is 4.08. The number of Topliss-reactive ketones (excluding diaryl/α,β-unsaturated/α-hetero) is 1. The maximum atomic E-state index is 13.9. The molecule has 3 aromatic rings. The normalized spacial score (nSPS) is 18.1. The Morgan fingerprint density at radius 2 is 1.65 bits per heavy atom. The molecule has 2 aliphatic rings. The number of imide groups is 1. The zero-order chi connectivity index (χ0) is 26.3. The number of hydrogen-bond donors (Lipinski definition) is 2. The van der Waals surface area contributed by atoms with E-state index in [0.717, 1.165) is 16.0 Å². The molecule has 2 aliphatic heterocycles. The zero-order valence-electron chi connectivity index (χ0n) is 20.6. The zero-order valence-corrected chi connectivity index (χ0v) is 20.6. The Bertz CT molecular complexity index is 1450. The van der Waals surface area contributed by atoms with Crippen molar-refractivity contribution in [1.29, 1.82) is 0 Å². The summed E-state index contributed by atoms with van der Waals surface area (Å²) in [5, 5.41) is 5.49. The van der Waals surface area contributed by atoms with Crippen LogP contribution in [0.1, 0.15) is 39.5 Å². The van der Waals surface area contributed by atoms with E-state index in [9.17, 15) is 19.2 Å². The smallest absolute Gasteiger partial charge is 0.326 e. The predicted molar refractivity (Wildman–Crippen MR) is 135 cm³/mol. The maximum absolute atomic E-state index is 13.9. The van der Waals surface area contributed by atoms with Gasteiger partial charge in [-0.25, -0.2) is 4.79 Å². The highest BCUT2D eigenvalue weighted by Gasteiger charge is 2.54. The van der Waals surface area contributed by atoms with Crippen molar-refractivity contribution in [2.24, 2.45) is 0 Å². The molecule has 9 heteroatoms. The molecule has 1 fully saturated rings. The number of nitrogens with zero attached hydrogens (tertiary/aromatic N) is 1.